The average molecular weight is 501 g/mol. The highest BCUT2D eigenvalue weighted by atomic mass is 19.3. The fourth-order valence-corrected chi connectivity index (χ4v) is 3.93. The number of alkyl halides is 2. The van der Waals surface area contributed by atoms with E-state index in [1.807, 2.05) is 74.0 Å². The smallest absolute Gasteiger partial charge is 0.296 e. The zero-order valence-corrected chi connectivity index (χ0v) is 20.4. The third kappa shape index (κ3) is 6.60. The standard InChI is InChI=1S/C29H26F2N4O2/c1-35(2)18-20-8-12-22(13-9-20)33-28(21-6-4-3-5-7-21)27-23-14-10-19(16-24(23)34-29(27)37)11-15-26(36)32-17-25(30)31/h3-10,12-14,16,25,33H,17-18H2,1-2H3,(H,32,36)(H,34,37). The molecule has 4 rings (SSSR count). The van der Waals surface area contributed by atoms with Crippen LogP contribution >= 0.6 is 0 Å². The van der Waals surface area contributed by atoms with Gasteiger partial charge in [-0.1, -0.05) is 54.5 Å². The summed E-state index contributed by atoms with van der Waals surface area (Å²) in [7, 11) is 4.03. The monoisotopic (exact) mass is 500 g/mol. The van der Waals surface area contributed by atoms with Crippen molar-refractivity contribution in [3.63, 3.8) is 0 Å². The van der Waals surface area contributed by atoms with Gasteiger partial charge in [0.15, 0.2) is 0 Å². The largest absolute Gasteiger partial charge is 0.354 e. The van der Waals surface area contributed by atoms with Crippen LogP contribution in [-0.4, -0.2) is 43.8 Å². The molecule has 0 aromatic heterocycles. The van der Waals surface area contributed by atoms with Gasteiger partial charge in [0.25, 0.3) is 18.2 Å². The van der Waals surface area contributed by atoms with Crippen molar-refractivity contribution in [1.29, 1.82) is 0 Å². The first kappa shape index (κ1) is 25.6. The molecule has 3 aromatic carbocycles. The number of halogens is 2. The van der Waals surface area contributed by atoms with Crippen molar-refractivity contribution in [2.24, 2.45) is 0 Å². The van der Waals surface area contributed by atoms with E-state index >= 15 is 0 Å². The van der Waals surface area contributed by atoms with Gasteiger partial charge in [0.05, 0.1) is 23.5 Å². The number of carbonyl (C=O) groups excluding carboxylic acids is 2. The van der Waals surface area contributed by atoms with E-state index in [2.05, 4.69) is 27.4 Å². The van der Waals surface area contributed by atoms with E-state index in [9.17, 15) is 18.4 Å². The summed E-state index contributed by atoms with van der Waals surface area (Å²) >= 11 is 0. The van der Waals surface area contributed by atoms with Gasteiger partial charge in [-0.05, 0) is 49.5 Å². The van der Waals surface area contributed by atoms with Crippen LogP contribution in [-0.2, 0) is 16.1 Å². The van der Waals surface area contributed by atoms with Crippen molar-refractivity contribution in [2.45, 2.75) is 13.0 Å². The SMILES string of the molecule is CN(C)Cc1ccc(NC(=C2C(=O)Nc3cc(C#CC(=O)NCC(F)F)ccc32)c2ccccc2)cc1. The molecule has 0 bridgehead atoms. The Balaban J connectivity index is 1.67. The number of rotatable bonds is 7. The van der Waals surface area contributed by atoms with Crippen LogP contribution in [0.15, 0.2) is 72.8 Å². The minimum absolute atomic E-state index is 0.273. The third-order valence-corrected chi connectivity index (χ3v) is 5.54. The molecule has 2 amide bonds. The molecule has 1 heterocycles. The Morgan fingerprint density at radius 1 is 1.03 bits per heavy atom. The maximum absolute atomic E-state index is 13.2. The Hall–Kier alpha value is -4.48. The lowest BCUT2D eigenvalue weighted by molar-refractivity contribution is -0.116. The van der Waals surface area contributed by atoms with Crippen LogP contribution < -0.4 is 16.0 Å². The maximum Gasteiger partial charge on any atom is 0.296 e. The molecule has 0 atom stereocenters. The lowest BCUT2D eigenvalue weighted by Crippen LogP contribution is -2.26. The molecule has 1 aliphatic heterocycles. The van der Waals surface area contributed by atoms with Crippen LogP contribution in [0.3, 0.4) is 0 Å². The summed E-state index contributed by atoms with van der Waals surface area (Å²) < 4.78 is 24.5. The summed E-state index contributed by atoms with van der Waals surface area (Å²) in [4.78, 5) is 26.9. The molecule has 0 unspecified atom stereocenters. The summed E-state index contributed by atoms with van der Waals surface area (Å²) in [5.74, 6) is 3.88. The van der Waals surface area contributed by atoms with Gasteiger partial charge < -0.3 is 20.9 Å². The first-order valence-corrected chi connectivity index (χ1v) is 11.6. The van der Waals surface area contributed by atoms with E-state index in [0.29, 0.717) is 28.1 Å². The topological polar surface area (TPSA) is 73.5 Å². The summed E-state index contributed by atoms with van der Waals surface area (Å²) in [6.45, 7) is 0.0668. The van der Waals surface area contributed by atoms with Gasteiger partial charge in [-0.25, -0.2) is 8.78 Å². The van der Waals surface area contributed by atoms with Crippen molar-refractivity contribution in [2.75, 3.05) is 31.3 Å². The van der Waals surface area contributed by atoms with Gasteiger partial charge in [-0.3, -0.25) is 9.59 Å². The third-order valence-electron chi connectivity index (χ3n) is 5.54. The first-order chi connectivity index (χ1) is 17.8. The molecule has 0 aliphatic carbocycles. The number of anilines is 2. The second-order valence-corrected chi connectivity index (χ2v) is 8.74. The van der Waals surface area contributed by atoms with Crippen molar-refractivity contribution in [3.8, 4) is 11.8 Å². The van der Waals surface area contributed by atoms with Crippen LogP contribution in [0.2, 0.25) is 0 Å². The molecule has 3 N–H and O–H groups in total. The lowest BCUT2D eigenvalue weighted by Gasteiger charge is -2.16. The summed E-state index contributed by atoms with van der Waals surface area (Å²) in [5.41, 5.74) is 5.70. The molecule has 0 saturated carbocycles. The van der Waals surface area contributed by atoms with E-state index < -0.39 is 18.9 Å². The lowest BCUT2D eigenvalue weighted by atomic mass is 9.99. The van der Waals surface area contributed by atoms with Crippen molar-refractivity contribution in [1.82, 2.24) is 10.2 Å². The van der Waals surface area contributed by atoms with E-state index in [1.54, 1.807) is 18.2 Å². The zero-order valence-electron chi connectivity index (χ0n) is 20.4. The Labute approximate surface area is 214 Å². The highest BCUT2D eigenvalue weighted by Gasteiger charge is 2.28. The zero-order chi connectivity index (χ0) is 26.4. The fraction of sp³-hybridized carbons (Fsp3) is 0.172. The number of hydrogen-bond donors (Lipinski definition) is 3. The fourth-order valence-electron chi connectivity index (χ4n) is 3.93. The minimum atomic E-state index is -2.64. The molecule has 0 saturated heterocycles. The molecule has 37 heavy (non-hydrogen) atoms. The van der Waals surface area contributed by atoms with Crippen molar-refractivity contribution < 1.29 is 18.4 Å². The van der Waals surface area contributed by atoms with E-state index in [4.69, 9.17) is 0 Å². The maximum atomic E-state index is 13.2. The van der Waals surface area contributed by atoms with Gasteiger partial charge in [0, 0.05) is 29.3 Å². The molecule has 6 nitrogen and oxygen atoms in total. The number of nitrogens with zero attached hydrogens (tertiary/aromatic N) is 1. The van der Waals surface area contributed by atoms with Gasteiger partial charge in [-0.2, -0.15) is 0 Å². The number of hydrogen-bond acceptors (Lipinski definition) is 4. The van der Waals surface area contributed by atoms with E-state index in [0.717, 1.165) is 17.8 Å². The molecule has 8 heteroatoms. The summed E-state index contributed by atoms with van der Waals surface area (Å²) in [6.07, 6.45) is -2.64. The number of amides is 2. The Morgan fingerprint density at radius 3 is 2.43 bits per heavy atom. The quantitative estimate of drug-likeness (QED) is 0.332. The van der Waals surface area contributed by atoms with Crippen LogP contribution in [0.1, 0.15) is 22.3 Å². The Morgan fingerprint density at radius 2 is 1.76 bits per heavy atom. The predicted octanol–water partition coefficient (Wildman–Crippen LogP) is 4.41. The molecule has 3 aromatic rings. The van der Waals surface area contributed by atoms with Gasteiger partial charge in [0.2, 0.25) is 0 Å². The average Bonchev–Trinajstić information content (AvgIpc) is 3.20. The van der Waals surface area contributed by atoms with Crippen LogP contribution in [0.4, 0.5) is 20.2 Å². The van der Waals surface area contributed by atoms with Crippen LogP contribution in [0.5, 0.6) is 0 Å². The highest BCUT2D eigenvalue weighted by Crippen LogP contribution is 2.38. The minimum Gasteiger partial charge on any atom is -0.354 e. The number of nitrogens with one attached hydrogen (secondary N) is 3. The Bertz CT molecular complexity index is 1390. The molecule has 1 aliphatic rings. The van der Waals surface area contributed by atoms with Gasteiger partial charge in [-0.15, -0.1) is 0 Å². The second-order valence-electron chi connectivity index (χ2n) is 8.74. The highest BCUT2D eigenvalue weighted by molar-refractivity contribution is 6.37. The molecule has 0 radical (unpaired) electrons. The molecule has 188 valence electrons. The second kappa shape index (κ2) is 11.5. The predicted molar refractivity (Wildman–Crippen MR) is 142 cm³/mol. The van der Waals surface area contributed by atoms with Crippen LogP contribution in [0, 0.1) is 11.8 Å². The van der Waals surface area contributed by atoms with Crippen molar-refractivity contribution >= 4 is 34.5 Å². The molecule has 0 spiro atoms. The number of fused-ring (bicyclic) bond motifs is 1. The van der Waals surface area contributed by atoms with Crippen LogP contribution in [0.25, 0.3) is 11.3 Å². The molecular formula is C29H26F2N4O2. The normalized spacial score (nSPS) is 13.5. The summed E-state index contributed by atoms with van der Waals surface area (Å²) in [5, 5.41) is 8.34. The van der Waals surface area contributed by atoms with Gasteiger partial charge in [0.1, 0.15) is 0 Å². The van der Waals surface area contributed by atoms with E-state index in [1.165, 1.54) is 5.56 Å². The van der Waals surface area contributed by atoms with Gasteiger partial charge >= 0.3 is 0 Å². The first-order valence-electron chi connectivity index (χ1n) is 11.6. The number of carbonyl (C=O) groups is 2. The number of benzene rings is 3. The summed E-state index contributed by atoms with van der Waals surface area (Å²) in [6, 6.07) is 22.7. The molecule has 0 fully saturated rings. The van der Waals surface area contributed by atoms with Crippen molar-refractivity contribution in [3.05, 3.63) is 95.1 Å². The Kier molecular flexibility index (Phi) is 7.96. The molecular weight excluding hydrogens is 474 g/mol. The van der Waals surface area contributed by atoms with E-state index in [-0.39, 0.29) is 5.91 Å².